The molecule has 1 rings (SSSR count). The van der Waals surface area contributed by atoms with Gasteiger partial charge in [0.25, 0.3) is 0 Å². The highest BCUT2D eigenvalue weighted by Gasteiger charge is 2.18. The van der Waals surface area contributed by atoms with Crippen LogP contribution in [0.2, 0.25) is 0 Å². The van der Waals surface area contributed by atoms with Crippen LogP contribution in [-0.2, 0) is 6.54 Å². The Kier molecular flexibility index (Phi) is 4.91. The van der Waals surface area contributed by atoms with Crippen molar-refractivity contribution in [1.82, 2.24) is 9.88 Å². The van der Waals surface area contributed by atoms with E-state index in [9.17, 15) is 15.0 Å². The number of pyridine rings is 1. The molecule has 0 radical (unpaired) electrons. The van der Waals surface area contributed by atoms with Gasteiger partial charge in [0.1, 0.15) is 11.4 Å². The summed E-state index contributed by atoms with van der Waals surface area (Å²) in [6, 6.07) is 3.12. The maximum atomic E-state index is 11.1. The van der Waals surface area contributed by atoms with Crippen LogP contribution in [0, 0.1) is 6.92 Å². The first kappa shape index (κ1) is 14.2. The quantitative estimate of drug-likeness (QED) is 0.737. The first-order valence-electron chi connectivity index (χ1n) is 5.75. The van der Waals surface area contributed by atoms with Crippen molar-refractivity contribution in [2.75, 3.05) is 6.54 Å². The summed E-state index contributed by atoms with van der Waals surface area (Å²) < 4.78 is 0. The van der Waals surface area contributed by atoms with E-state index >= 15 is 0 Å². The van der Waals surface area contributed by atoms with Crippen molar-refractivity contribution in [3.63, 3.8) is 0 Å². The molecule has 1 aromatic heterocycles. The number of aromatic hydroxyl groups is 1. The standard InChI is InChI=1S/C12H18N2O4/c1-3-9(15)6-14(12(17)18)7-10-11(16)5-4-8(2)13-10/h4-5,9,15-16H,3,6-7H2,1-2H3,(H,17,18)/t9-/m0/s1. The lowest BCUT2D eigenvalue weighted by Gasteiger charge is -2.21. The molecule has 0 saturated carbocycles. The van der Waals surface area contributed by atoms with E-state index in [0.29, 0.717) is 17.8 Å². The zero-order chi connectivity index (χ0) is 13.7. The smallest absolute Gasteiger partial charge is 0.407 e. The fourth-order valence-electron chi connectivity index (χ4n) is 1.49. The van der Waals surface area contributed by atoms with E-state index in [1.807, 2.05) is 0 Å². The molecule has 100 valence electrons. The lowest BCUT2D eigenvalue weighted by Crippen LogP contribution is -2.36. The fraction of sp³-hybridized carbons (Fsp3) is 0.500. The third kappa shape index (κ3) is 3.89. The van der Waals surface area contributed by atoms with Crippen molar-refractivity contribution in [2.24, 2.45) is 0 Å². The topological polar surface area (TPSA) is 93.9 Å². The Labute approximate surface area is 106 Å². The monoisotopic (exact) mass is 254 g/mol. The van der Waals surface area contributed by atoms with Gasteiger partial charge in [0.15, 0.2) is 0 Å². The van der Waals surface area contributed by atoms with E-state index in [2.05, 4.69) is 4.98 Å². The Morgan fingerprint density at radius 1 is 1.50 bits per heavy atom. The molecule has 0 aliphatic rings. The second-order valence-electron chi connectivity index (χ2n) is 4.14. The summed E-state index contributed by atoms with van der Waals surface area (Å²) >= 11 is 0. The Balaban J connectivity index is 2.83. The van der Waals surface area contributed by atoms with E-state index in [4.69, 9.17) is 5.11 Å². The van der Waals surface area contributed by atoms with Crippen molar-refractivity contribution < 1.29 is 20.1 Å². The highest BCUT2D eigenvalue weighted by Crippen LogP contribution is 2.17. The molecule has 1 aromatic rings. The van der Waals surface area contributed by atoms with Crippen LogP contribution in [0.1, 0.15) is 24.7 Å². The minimum absolute atomic E-state index is 0.000888. The summed E-state index contributed by atoms with van der Waals surface area (Å²) in [6.45, 7) is 3.49. The normalized spacial score (nSPS) is 12.2. The summed E-state index contributed by atoms with van der Waals surface area (Å²) in [4.78, 5) is 16.2. The maximum Gasteiger partial charge on any atom is 0.407 e. The Hall–Kier alpha value is -1.82. The number of aromatic nitrogens is 1. The van der Waals surface area contributed by atoms with Crippen LogP contribution >= 0.6 is 0 Å². The second-order valence-corrected chi connectivity index (χ2v) is 4.14. The first-order valence-corrected chi connectivity index (χ1v) is 5.75. The van der Waals surface area contributed by atoms with Crippen molar-refractivity contribution in [3.8, 4) is 5.75 Å². The average molecular weight is 254 g/mol. The number of aliphatic hydroxyl groups is 1. The number of carbonyl (C=O) groups is 1. The van der Waals surface area contributed by atoms with Gasteiger partial charge in [-0.25, -0.2) is 4.79 Å². The first-order chi connectivity index (χ1) is 8.43. The number of amides is 1. The number of aliphatic hydroxyl groups excluding tert-OH is 1. The molecule has 0 aromatic carbocycles. The summed E-state index contributed by atoms with van der Waals surface area (Å²) in [5, 5.41) is 28.1. The van der Waals surface area contributed by atoms with Crippen LogP contribution in [0.15, 0.2) is 12.1 Å². The summed E-state index contributed by atoms with van der Waals surface area (Å²) in [5.74, 6) is -0.0437. The largest absolute Gasteiger partial charge is 0.506 e. The molecule has 0 spiro atoms. The van der Waals surface area contributed by atoms with Gasteiger partial charge in [-0.1, -0.05) is 6.92 Å². The molecule has 6 nitrogen and oxygen atoms in total. The predicted molar refractivity (Wildman–Crippen MR) is 65.4 cm³/mol. The molecule has 0 fully saturated rings. The van der Waals surface area contributed by atoms with Crippen molar-refractivity contribution in [1.29, 1.82) is 0 Å². The zero-order valence-electron chi connectivity index (χ0n) is 10.5. The fourth-order valence-corrected chi connectivity index (χ4v) is 1.49. The van der Waals surface area contributed by atoms with E-state index in [0.717, 1.165) is 4.90 Å². The number of rotatable bonds is 5. The molecule has 0 bridgehead atoms. The molecule has 1 heterocycles. The molecule has 0 aliphatic carbocycles. The lowest BCUT2D eigenvalue weighted by atomic mass is 10.2. The summed E-state index contributed by atoms with van der Waals surface area (Å²) in [5.41, 5.74) is 0.991. The second kappa shape index (κ2) is 6.20. The number of nitrogens with zero attached hydrogens (tertiary/aromatic N) is 2. The molecule has 6 heteroatoms. The van der Waals surface area contributed by atoms with E-state index < -0.39 is 12.2 Å². The van der Waals surface area contributed by atoms with Crippen LogP contribution in [-0.4, -0.2) is 43.9 Å². The molecule has 18 heavy (non-hydrogen) atoms. The Morgan fingerprint density at radius 2 is 2.17 bits per heavy atom. The van der Waals surface area contributed by atoms with Crippen molar-refractivity contribution in [3.05, 3.63) is 23.5 Å². The summed E-state index contributed by atoms with van der Waals surface area (Å²) in [6.07, 6.45) is -1.39. The maximum absolute atomic E-state index is 11.1. The van der Waals surface area contributed by atoms with Gasteiger partial charge in [0, 0.05) is 5.69 Å². The van der Waals surface area contributed by atoms with Gasteiger partial charge in [0.05, 0.1) is 19.2 Å². The van der Waals surface area contributed by atoms with E-state index in [1.165, 1.54) is 6.07 Å². The molecule has 0 saturated heterocycles. The van der Waals surface area contributed by atoms with Gasteiger partial charge < -0.3 is 15.3 Å². The molecule has 0 aliphatic heterocycles. The van der Waals surface area contributed by atoms with Crippen LogP contribution in [0.3, 0.4) is 0 Å². The van der Waals surface area contributed by atoms with Gasteiger partial charge in [0.2, 0.25) is 0 Å². The van der Waals surface area contributed by atoms with Gasteiger partial charge in [-0.3, -0.25) is 9.88 Å². The van der Waals surface area contributed by atoms with Gasteiger partial charge in [-0.15, -0.1) is 0 Å². The minimum atomic E-state index is -1.15. The van der Waals surface area contributed by atoms with Crippen LogP contribution in [0.25, 0.3) is 0 Å². The summed E-state index contributed by atoms with van der Waals surface area (Å²) in [7, 11) is 0. The molecular weight excluding hydrogens is 236 g/mol. The minimum Gasteiger partial charge on any atom is -0.506 e. The Morgan fingerprint density at radius 3 is 2.72 bits per heavy atom. The van der Waals surface area contributed by atoms with Crippen LogP contribution in [0.4, 0.5) is 4.79 Å². The van der Waals surface area contributed by atoms with E-state index in [-0.39, 0.29) is 18.8 Å². The number of hydrogen-bond donors (Lipinski definition) is 3. The highest BCUT2D eigenvalue weighted by molar-refractivity contribution is 5.65. The molecule has 1 amide bonds. The van der Waals surface area contributed by atoms with E-state index in [1.54, 1.807) is 19.9 Å². The lowest BCUT2D eigenvalue weighted by molar-refractivity contribution is 0.0906. The van der Waals surface area contributed by atoms with Crippen LogP contribution in [0.5, 0.6) is 5.75 Å². The third-order valence-corrected chi connectivity index (χ3v) is 2.60. The highest BCUT2D eigenvalue weighted by atomic mass is 16.4. The molecular formula is C12H18N2O4. The van der Waals surface area contributed by atoms with Gasteiger partial charge in [-0.05, 0) is 25.5 Å². The zero-order valence-corrected chi connectivity index (χ0v) is 10.5. The SMILES string of the molecule is CC[C@H](O)CN(Cc1nc(C)ccc1O)C(=O)O. The predicted octanol–water partition coefficient (Wildman–Crippen LogP) is 1.35. The van der Waals surface area contributed by atoms with Crippen LogP contribution < -0.4 is 0 Å². The number of carboxylic acid groups (broad SMARTS) is 1. The Bertz CT molecular complexity index is 423. The average Bonchev–Trinajstić information content (AvgIpc) is 2.32. The third-order valence-electron chi connectivity index (χ3n) is 2.60. The molecule has 0 unspecified atom stereocenters. The molecule has 1 atom stereocenters. The van der Waals surface area contributed by atoms with Crippen molar-refractivity contribution >= 4 is 6.09 Å². The van der Waals surface area contributed by atoms with Crippen molar-refractivity contribution in [2.45, 2.75) is 32.9 Å². The number of hydrogen-bond acceptors (Lipinski definition) is 4. The van der Waals surface area contributed by atoms with Gasteiger partial charge in [-0.2, -0.15) is 0 Å². The number of aryl methyl sites for hydroxylation is 1. The van der Waals surface area contributed by atoms with Gasteiger partial charge >= 0.3 is 6.09 Å². The molecule has 3 N–H and O–H groups in total.